The SMILES string of the molecule is COc1cc(C(C)=O)ccc1COc1ccc(/C=C2\N=C(c3ccccc3C)OC2=O)cc1OC. The Labute approximate surface area is 203 Å². The average molecular weight is 472 g/mol. The summed E-state index contributed by atoms with van der Waals surface area (Å²) in [5.41, 5.74) is 4.01. The Morgan fingerprint density at radius 1 is 0.971 bits per heavy atom. The van der Waals surface area contributed by atoms with E-state index in [9.17, 15) is 9.59 Å². The largest absolute Gasteiger partial charge is 0.496 e. The molecule has 1 aliphatic rings. The van der Waals surface area contributed by atoms with Gasteiger partial charge < -0.3 is 18.9 Å². The minimum absolute atomic E-state index is 0.0383. The maximum atomic E-state index is 12.4. The summed E-state index contributed by atoms with van der Waals surface area (Å²) in [6, 6.07) is 18.1. The Morgan fingerprint density at radius 2 is 1.74 bits per heavy atom. The fraction of sp³-hybridized carbons (Fsp3) is 0.179. The number of ketones is 1. The number of Topliss-reactive ketones (excluding diaryl/α,β-unsaturated/α-hetero) is 1. The summed E-state index contributed by atoms with van der Waals surface area (Å²) in [6.45, 7) is 3.66. The standard InChI is InChI=1S/C28H25NO6/c1-17-7-5-6-8-22(17)27-29-23(28(31)35-27)13-19-9-12-24(26(14-19)33-4)34-16-21-11-10-20(18(2)30)15-25(21)32-3/h5-15H,16H2,1-4H3/b23-13-. The lowest BCUT2D eigenvalue weighted by molar-refractivity contribution is -0.129. The maximum absolute atomic E-state index is 12.4. The number of methoxy groups -OCH3 is 2. The van der Waals surface area contributed by atoms with Crippen molar-refractivity contribution in [1.29, 1.82) is 0 Å². The fourth-order valence-corrected chi connectivity index (χ4v) is 3.63. The molecule has 0 N–H and O–H groups in total. The number of esters is 1. The van der Waals surface area contributed by atoms with Gasteiger partial charge in [-0.05, 0) is 55.3 Å². The smallest absolute Gasteiger partial charge is 0.363 e. The highest BCUT2D eigenvalue weighted by Gasteiger charge is 2.25. The highest BCUT2D eigenvalue weighted by Crippen LogP contribution is 2.32. The van der Waals surface area contributed by atoms with E-state index in [1.807, 2.05) is 31.2 Å². The van der Waals surface area contributed by atoms with Gasteiger partial charge in [-0.15, -0.1) is 0 Å². The van der Waals surface area contributed by atoms with E-state index in [-0.39, 0.29) is 24.0 Å². The molecule has 0 aliphatic carbocycles. The van der Waals surface area contributed by atoms with Crippen LogP contribution in [0.2, 0.25) is 0 Å². The molecule has 0 atom stereocenters. The van der Waals surface area contributed by atoms with Crippen molar-refractivity contribution in [3.63, 3.8) is 0 Å². The number of aliphatic imine (C=N–C) groups is 1. The van der Waals surface area contributed by atoms with Crippen LogP contribution < -0.4 is 14.2 Å². The van der Waals surface area contributed by atoms with Crippen molar-refractivity contribution < 1.29 is 28.5 Å². The molecule has 1 aliphatic heterocycles. The molecule has 0 aromatic heterocycles. The lowest BCUT2D eigenvalue weighted by Crippen LogP contribution is -2.06. The molecule has 0 radical (unpaired) electrons. The zero-order chi connectivity index (χ0) is 24.9. The lowest BCUT2D eigenvalue weighted by atomic mass is 10.1. The summed E-state index contributed by atoms with van der Waals surface area (Å²) in [4.78, 5) is 28.4. The summed E-state index contributed by atoms with van der Waals surface area (Å²) in [6.07, 6.45) is 1.64. The van der Waals surface area contributed by atoms with Gasteiger partial charge in [-0.3, -0.25) is 4.79 Å². The maximum Gasteiger partial charge on any atom is 0.363 e. The molecule has 0 fully saturated rings. The summed E-state index contributed by atoms with van der Waals surface area (Å²) in [5, 5.41) is 0. The van der Waals surface area contributed by atoms with Crippen LogP contribution in [0.15, 0.2) is 71.4 Å². The zero-order valence-corrected chi connectivity index (χ0v) is 20.0. The third kappa shape index (κ3) is 5.24. The third-order valence-electron chi connectivity index (χ3n) is 5.56. The Balaban J connectivity index is 1.54. The number of hydrogen-bond donors (Lipinski definition) is 0. The number of benzene rings is 3. The van der Waals surface area contributed by atoms with Crippen LogP contribution in [-0.2, 0) is 16.1 Å². The van der Waals surface area contributed by atoms with Crippen molar-refractivity contribution in [2.24, 2.45) is 4.99 Å². The summed E-state index contributed by atoms with van der Waals surface area (Å²) < 4.78 is 22.2. The van der Waals surface area contributed by atoms with Crippen molar-refractivity contribution in [2.75, 3.05) is 14.2 Å². The molecule has 0 unspecified atom stereocenters. The molecule has 0 saturated carbocycles. The minimum atomic E-state index is -0.511. The number of carbonyl (C=O) groups excluding carboxylic acids is 2. The second-order valence-electron chi connectivity index (χ2n) is 7.93. The normalized spacial score (nSPS) is 13.9. The molecule has 0 spiro atoms. The van der Waals surface area contributed by atoms with Crippen LogP contribution in [0.5, 0.6) is 17.2 Å². The van der Waals surface area contributed by atoms with E-state index >= 15 is 0 Å². The first-order valence-corrected chi connectivity index (χ1v) is 11.0. The van der Waals surface area contributed by atoms with Crippen molar-refractivity contribution in [3.05, 3.63) is 94.2 Å². The molecule has 178 valence electrons. The van der Waals surface area contributed by atoms with Crippen molar-refractivity contribution in [1.82, 2.24) is 0 Å². The minimum Gasteiger partial charge on any atom is -0.496 e. The highest BCUT2D eigenvalue weighted by atomic mass is 16.6. The molecular formula is C28H25NO6. The van der Waals surface area contributed by atoms with E-state index in [0.717, 1.165) is 16.7 Å². The lowest BCUT2D eigenvalue weighted by Gasteiger charge is -2.14. The van der Waals surface area contributed by atoms with Crippen LogP contribution in [0.4, 0.5) is 0 Å². The first-order valence-electron chi connectivity index (χ1n) is 11.0. The predicted molar refractivity (Wildman–Crippen MR) is 132 cm³/mol. The molecule has 3 aromatic carbocycles. The zero-order valence-electron chi connectivity index (χ0n) is 20.0. The summed E-state index contributed by atoms with van der Waals surface area (Å²) in [5.74, 6) is 1.32. The van der Waals surface area contributed by atoms with Gasteiger partial charge in [0.2, 0.25) is 5.90 Å². The van der Waals surface area contributed by atoms with Gasteiger partial charge in [0.05, 0.1) is 14.2 Å². The van der Waals surface area contributed by atoms with Gasteiger partial charge in [0.1, 0.15) is 12.4 Å². The number of rotatable bonds is 8. The van der Waals surface area contributed by atoms with E-state index in [2.05, 4.69) is 4.99 Å². The molecule has 0 bridgehead atoms. The first-order chi connectivity index (χ1) is 16.9. The van der Waals surface area contributed by atoms with E-state index in [4.69, 9.17) is 18.9 Å². The number of aryl methyl sites for hydroxylation is 1. The Hall–Kier alpha value is -4.39. The van der Waals surface area contributed by atoms with Crippen molar-refractivity contribution >= 4 is 23.7 Å². The predicted octanol–water partition coefficient (Wildman–Crippen LogP) is 5.14. The van der Waals surface area contributed by atoms with Crippen molar-refractivity contribution in [3.8, 4) is 17.2 Å². The van der Waals surface area contributed by atoms with Crippen LogP contribution in [-0.4, -0.2) is 31.9 Å². The molecular weight excluding hydrogens is 446 g/mol. The quantitative estimate of drug-likeness (QED) is 0.257. The van der Waals surface area contributed by atoms with Gasteiger partial charge in [-0.2, -0.15) is 0 Å². The Morgan fingerprint density at radius 3 is 2.46 bits per heavy atom. The Bertz CT molecular complexity index is 1360. The monoisotopic (exact) mass is 471 g/mol. The van der Waals surface area contributed by atoms with Gasteiger partial charge in [-0.1, -0.05) is 36.4 Å². The number of carbonyl (C=O) groups is 2. The summed E-state index contributed by atoms with van der Waals surface area (Å²) in [7, 11) is 3.09. The molecule has 1 heterocycles. The molecule has 0 amide bonds. The highest BCUT2D eigenvalue weighted by molar-refractivity contribution is 6.13. The van der Waals surface area contributed by atoms with Gasteiger partial charge in [-0.25, -0.2) is 9.79 Å². The summed E-state index contributed by atoms with van der Waals surface area (Å²) >= 11 is 0. The molecule has 35 heavy (non-hydrogen) atoms. The topological polar surface area (TPSA) is 83.4 Å². The van der Waals surface area contributed by atoms with E-state index in [0.29, 0.717) is 28.4 Å². The third-order valence-corrected chi connectivity index (χ3v) is 5.56. The molecule has 7 heteroatoms. The fourth-order valence-electron chi connectivity index (χ4n) is 3.63. The molecule has 0 saturated heterocycles. The van der Waals surface area contributed by atoms with Crippen LogP contribution >= 0.6 is 0 Å². The number of cyclic esters (lactones) is 1. The van der Waals surface area contributed by atoms with Gasteiger partial charge in [0.15, 0.2) is 23.0 Å². The number of ether oxygens (including phenoxy) is 4. The Kier molecular flexibility index (Phi) is 6.96. The van der Waals surface area contributed by atoms with Gasteiger partial charge in [0, 0.05) is 16.7 Å². The number of nitrogens with zero attached hydrogens (tertiary/aromatic N) is 1. The van der Waals surface area contributed by atoms with Crippen LogP contribution in [0.1, 0.15) is 39.5 Å². The van der Waals surface area contributed by atoms with E-state index in [1.165, 1.54) is 6.92 Å². The molecule has 3 aromatic rings. The van der Waals surface area contributed by atoms with Gasteiger partial charge in [0.25, 0.3) is 0 Å². The number of hydrogen-bond acceptors (Lipinski definition) is 7. The van der Waals surface area contributed by atoms with Crippen LogP contribution in [0.25, 0.3) is 6.08 Å². The van der Waals surface area contributed by atoms with Crippen LogP contribution in [0, 0.1) is 6.92 Å². The van der Waals surface area contributed by atoms with Crippen molar-refractivity contribution in [2.45, 2.75) is 20.5 Å². The van der Waals surface area contributed by atoms with Gasteiger partial charge >= 0.3 is 5.97 Å². The second-order valence-corrected chi connectivity index (χ2v) is 7.93. The first kappa shape index (κ1) is 23.8. The molecule has 7 nitrogen and oxygen atoms in total. The van der Waals surface area contributed by atoms with Crippen LogP contribution in [0.3, 0.4) is 0 Å². The van der Waals surface area contributed by atoms with E-state index < -0.39 is 5.97 Å². The van der Waals surface area contributed by atoms with E-state index in [1.54, 1.807) is 56.7 Å². The second kappa shape index (κ2) is 10.3. The average Bonchev–Trinajstić information content (AvgIpc) is 3.22. The molecule has 4 rings (SSSR count).